The second-order valence-electron chi connectivity index (χ2n) is 3.41. The van der Waals surface area contributed by atoms with E-state index in [1.807, 2.05) is 30.5 Å². The van der Waals surface area contributed by atoms with Gasteiger partial charge < -0.3 is 0 Å². The first-order chi connectivity index (χ1) is 8.43. The molecule has 0 bridgehead atoms. The molecular weight excluding hydrogens is 214 g/mol. The van der Waals surface area contributed by atoms with E-state index in [0.29, 0.717) is 5.95 Å². The number of nitrogens with zero attached hydrogens (tertiary/aromatic N) is 5. The van der Waals surface area contributed by atoms with Crippen molar-refractivity contribution in [3.63, 3.8) is 0 Å². The maximum Gasteiger partial charge on any atom is 0.250 e. The molecule has 3 aromatic heterocycles. The Morgan fingerprint density at radius 1 is 0.765 bits per heavy atom. The van der Waals surface area contributed by atoms with Gasteiger partial charge in [-0.15, -0.1) is 0 Å². The van der Waals surface area contributed by atoms with Crippen molar-refractivity contribution in [2.75, 3.05) is 0 Å². The van der Waals surface area contributed by atoms with Crippen LogP contribution in [-0.4, -0.2) is 24.7 Å². The highest BCUT2D eigenvalue weighted by Gasteiger charge is 2.05. The summed E-state index contributed by atoms with van der Waals surface area (Å²) < 4.78 is 1.63. The van der Waals surface area contributed by atoms with Crippen LogP contribution in [0.1, 0.15) is 0 Å². The Bertz CT molecular complexity index is 549. The summed E-state index contributed by atoms with van der Waals surface area (Å²) in [6.45, 7) is 0. The quantitative estimate of drug-likeness (QED) is 0.663. The third-order valence-electron chi connectivity index (χ3n) is 2.27. The van der Waals surface area contributed by atoms with Crippen LogP contribution >= 0.6 is 0 Å². The van der Waals surface area contributed by atoms with Gasteiger partial charge in [0.1, 0.15) is 5.69 Å². The van der Waals surface area contributed by atoms with Crippen LogP contribution < -0.4 is 0 Å². The molecule has 0 spiro atoms. The molecule has 5 heteroatoms. The van der Waals surface area contributed by atoms with E-state index in [2.05, 4.69) is 20.1 Å². The van der Waals surface area contributed by atoms with Gasteiger partial charge in [-0.25, -0.2) is 14.6 Å². The topological polar surface area (TPSA) is 56.5 Å². The van der Waals surface area contributed by atoms with Gasteiger partial charge in [0.2, 0.25) is 5.95 Å². The number of aromatic nitrogens is 5. The summed E-state index contributed by atoms with van der Waals surface area (Å²) in [4.78, 5) is 12.5. The lowest BCUT2D eigenvalue weighted by Gasteiger charge is -1.97. The minimum absolute atomic E-state index is 0.551. The molecule has 0 aromatic carbocycles. The smallest absolute Gasteiger partial charge is 0.250 e. The highest BCUT2D eigenvalue weighted by molar-refractivity contribution is 5.52. The van der Waals surface area contributed by atoms with E-state index >= 15 is 0 Å². The summed E-state index contributed by atoms with van der Waals surface area (Å²) in [5, 5.41) is 4.38. The van der Waals surface area contributed by atoms with Gasteiger partial charge in [-0.05, 0) is 24.3 Å². The number of pyridine rings is 1. The lowest BCUT2D eigenvalue weighted by atomic mass is 10.3. The van der Waals surface area contributed by atoms with E-state index in [4.69, 9.17) is 0 Å². The van der Waals surface area contributed by atoms with Crippen LogP contribution in [0.3, 0.4) is 0 Å². The Labute approximate surface area is 97.8 Å². The van der Waals surface area contributed by atoms with Crippen molar-refractivity contribution in [2.45, 2.75) is 0 Å². The standard InChI is InChI=1S/C12H9N5/c1-2-6-13-10(4-1)11-5-9-17(16-11)12-14-7-3-8-15-12/h1-9H. The van der Waals surface area contributed by atoms with Gasteiger partial charge in [0, 0.05) is 24.8 Å². The fourth-order valence-electron chi connectivity index (χ4n) is 1.50. The lowest BCUT2D eigenvalue weighted by Crippen LogP contribution is -2.00. The van der Waals surface area contributed by atoms with Crippen LogP contribution in [0.4, 0.5) is 0 Å². The first-order valence-corrected chi connectivity index (χ1v) is 5.18. The molecule has 0 amide bonds. The van der Waals surface area contributed by atoms with Crippen molar-refractivity contribution >= 4 is 0 Å². The van der Waals surface area contributed by atoms with Crippen molar-refractivity contribution in [2.24, 2.45) is 0 Å². The predicted molar refractivity (Wildman–Crippen MR) is 62.4 cm³/mol. The van der Waals surface area contributed by atoms with Crippen molar-refractivity contribution in [1.82, 2.24) is 24.7 Å². The fourth-order valence-corrected chi connectivity index (χ4v) is 1.50. The van der Waals surface area contributed by atoms with Crippen molar-refractivity contribution in [3.8, 4) is 17.3 Å². The molecule has 3 heterocycles. The maximum atomic E-state index is 4.38. The number of hydrogen-bond acceptors (Lipinski definition) is 4. The summed E-state index contributed by atoms with van der Waals surface area (Å²) >= 11 is 0. The average molecular weight is 223 g/mol. The minimum atomic E-state index is 0.551. The van der Waals surface area contributed by atoms with Gasteiger partial charge in [-0.3, -0.25) is 4.98 Å². The van der Waals surface area contributed by atoms with Crippen molar-refractivity contribution < 1.29 is 0 Å². The number of hydrogen-bond donors (Lipinski definition) is 0. The molecule has 82 valence electrons. The Morgan fingerprint density at radius 3 is 2.35 bits per heavy atom. The molecule has 3 rings (SSSR count). The van der Waals surface area contributed by atoms with E-state index in [-0.39, 0.29) is 0 Å². The summed E-state index contributed by atoms with van der Waals surface area (Å²) in [6.07, 6.45) is 6.93. The van der Waals surface area contributed by atoms with E-state index < -0.39 is 0 Å². The molecule has 17 heavy (non-hydrogen) atoms. The van der Waals surface area contributed by atoms with Crippen molar-refractivity contribution in [1.29, 1.82) is 0 Å². The largest absolute Gasteiger partial charge is 0.255 e. The Balaban J connectivity index is 1.99. The van der Waals surface area contributed by atoms with Crippen LogP contribution in [0.5, 0.6) is 0 Å². The second kappa shape index (κ2) is 4.13. The van der Waals surface area contributed by atoms with Gasteiger partial charge in [0.05, 0.1) is 5.69 Å². The molecule has 0 fully saturated rings. The summed E-state index contributed by atoms with van der Waals surface area (Å²) in [5.41, 5.74) is 1.64. The third-order valence-corrected chi connectivity index (χ3v) is 2.27. The number of rotatable bonds is 2. The van der Waals surface area contributed by atoms with Crippen LogP contribution in [0.25, 0.3) is 17.3 Å². The lowest BCUT2D eigenvalue weighted by molar-refractivity contribution is 0.810. The van der Waals surface area contributed by atoms with Gasteiger partial charge in [-0.2, -0.15) is 5.10 Å². The Hall–Kier alpha value is -2.56. The van der Waals surface area contributed by atoms with E-state index in [1.165, 1.54) is 0 Å². The van der Waals surface area contributed by atoms with E-state index in [9.17, 15) is 0 Å². The molecule has 0 radical (unpaired) electrons. The van der Waals surface area contributed by atoms with Gasteiger partial charge in [0.25, 0.3) is 0 Å². The van der Waals surface area contributed by atoms with Gasteiger partial charge in [0.15, 0.2) is 0 Å². The maximum absolute atomic E-state index is 4.38. The molecular formula is C12H9N5. The molecule has 0 unspecified atom stereocenters. The zero-order chi connectivity index (χ0) is 11.5. The highest BCUT2D eigenvalue weighted by Crippen LogP contribution is 2.13. The fraction of sp³-hybridized carbons (Fsp3) is 0. The molecule has 0 N–H and O–H groups in total. The predicted octanol–water partition coefficient (Wildman–Crippen LogP) is 1.72. The average Bonchev–Trinajstić information content (AvgIpc) is 2.90. The molecule has 0 atom stereocenters. The van der Waals surface area contributed by atoms with E-state index in [1.54, 1.807) is 29.3 Å². The summed E-state index contributed by atoms with van der Waals surface area (Å²) in [5.74, 6) is 0.551. The van der Waals surface area contributed by atoms with Gasteiger partial charge in [-0.1, -0.05) is 6.07 Å². The highest BCUT2D eigenvalue weighted by atomic mass is 15.3. The Morgan fingerprint density at radius 2 is 1.59 bits per heavy atom. The normalized spacial score (nSPS) is 10.4. The molecule has 0 saturated heterocycles. The van der Waals surface area contributed by atoms with Gasteiger partial charge >= 0.3 is 0 Å². The minimum Gasteiger partial charge on any atom is -0.255 e. The van der Waals surface area contributed by atoms with Crippen LogP contribution in [0.15, 0.2) is 55.1 Å². The summed E-state index contributed by atoms with van der Waals surface area (Å²) in [6, 6.07) is 9.38. The summed E-state index contributed by atoms with van der Waals surface area (Å²) in [7, 11) is 0. The first-order valence-electron chi connectivity index (χ1n) is 5.18. The van der Waals surface area contributed by atoms with Crippen LogP contribution in [-0.2, 0) is 0 Å². The zero-order valence-electron chi connectivity index (χ0n) is 8.93. The molecule has 5 nitrogen and oxygen atoms in total. The zero-order valence-corrected chi connectivity index (χ0v) is 8.93. The van der Waals surface area contributed by atoms with Crippen molar-refractivity contribution in [3.05, 3.63) is 55.1 Å². The van der Waals surface area contributed by atoms with Crippen LogP contribution in [0.2, 0.25) is 0 Å². The van der Waals surface area contributed by atoms with Crippen LogP contribution in [0, 0.1) is 0 Å². The third kappa shape index (κ3) is 1.90. The molecule has 0 aliphatic rings. The molecule has 0 aliphatic carbocycles. The van der Waals surface area contributed by atoms with E-state index in [0.717, 1.165) is 11.4 Å². The second-order valence-corrected chi connectivity index (χ2v) is 3.41. The molecule has 0 saturated carbocycles. The Kier molecular flexibility index (Phi) is 2.34. The monoisotopic (exact) mass is 223 g/mol. The molecule has 3 aromatic rings. The molecule has 0 aliphatic heterocycles. The first kappa shape index (κ1) is 9.65. The SMILES string of the molecule is c1ccc(-c2ccn(-c3ncccn3)n2)nc1.